The highest BCUT2D eigenvalue weighted by Gasteiger charge is 2.07. The molecule has 0 aromatic carbocycles. The SMILES string of the molecule is C=CCNCC(=O)NC(C)CS(C)=O. The van der Waals surface area contributed by atoms with Crippen LogP contribution in [0.3, 0.4) is 0 Å². The van der Waals surface area contributed by atoms with Crippen LogP contribution in [0.5, 0.6) is 0 Å². The zero-order chi connectivity index (χ0) is 11.0. The Morgan fingerprint density at radius 2 is 2.29 bits per heavy atom. The minimum absolute atomic E-state index is 0.0427. The first-order chi connectivity index (χ1) is 6.56. The molecule has 2 atom stereocenters. The minimum atomic E-state index is -0.871. The van der Waals surface area contributed by atoms with Crippen LogP contribution in [0.25, 0.3) is 0 Å². The zero-order valence-corrected chi connectivity index (χ0v) is 9.52. The molecule has 0 radical (unpaired) electrons. The molecule has 0 spiro atoms. The van der Waals surface area contributed by atoms with E-state index < -0.39 is 10.8 Å². The fraction of sp³-hybridized carbons (Fsp3) is 0.667. The van der Waals surface area contributed by atoms with Crippen molar-refractivity contribution < 1.29 is 9.00 Å². The number of carbonyl (C=O) groups is 1. The van der Waals surface area contributed by atoms with Crippen LogP contribution in [0.4, 0.5) is 0 Å². The van der Waals surface area contributed by atoms with E-state index in [-0.39, 0.29) is 18.5 Å². The Balaban J connectivity index is 3.60. The molecule has 0 aliphatic carbocycles. The van der Waals surface area contributed by atoms with Crippen molar-refractivity contribution in [2.24, 2.45) is 0 Å². The summed E-state index contributed by atoms with van der Waals surface area (Å²) in [6, 6.07) is -0.0427. The van der Waals surface area contributed by atoms with E-state index in [4.69, 9.17) is 0 Å². The summed E-state index contributed by atoms with van der Waals surface area (Å²) in [7, 11) is -0.871. The van der Waals surface area contributed by atoms with E-state index in [0.717, 1.165) is 0 Å². The van der Waals surface area contributed by atoms with Crippen molar-refractivity contribution in [1.29, 1.82) is 0 Å². The molecule has 14 heavy (non-hydrogen) atoms. The van der Waals surface area contributed by atoms with E-state index in [1.807, 2.05) is 6.92 Å². The molecule has 0 heterocycles. The lowest BCUT2D eigenvalue weighted by Gasteiger charge is -2.12. The molecule has 5 heteroatoms. The molecule has 0 bridgehead atoms. The number of amides is 1. The Hall–Kier alpha value is -0.680. The van der Waals surface area contributed by atoms with Gasteiger partial charge in [-0.1, -0.05) is 6.08 Å². The normalized spacial score (nSPS) is 14.4. The largest absolute Gasteiger partial charge is 0.352 e. The van der Waals surface area contributed by atoms with Crippen LogP contribution in [0.15, 0.2) is 12.7 Å². The van der Waals surface area contributed by atoms with Crippen LogP contribution >= 0.6 is 0 Å². The van der Waals surface area contributed by atoms with Crippen molar-refractivity contribution in [1.82, 2.24) is 10.6 Å². The average molecular weight is 218 g/mol. The van der Waals surface area contributed by atoms with Gasteiger partial charge in [-0.25, -0.2) is 0 Å². The third-order valence-electron chi connectivity index (χ3n) is 1.47. The molecule has 0 aliphatic rings. The average Bonchev–Trinajstić information content (AvgIpc) is 2.02. The van der Waals surface area contributed by atoms with E-state index in [9.17, 15) is 9.00 Å². The van der Waals surface area contributed by atoms with Crippen molar-refractivity contribution in [3.8, 4) is 0 Å². The third-order valence-corrected chi connectivity index (χ3v) is 2.44. The molecule has 0 rings (SSSR count). The molecular formula is C9H18N2O2S. The summed E-state index contributed by atoms with van der Waals surface area (Å²) >= 11 is 0. The van der Waals surface area contributed by atoms with Crippen LogP contribution in [0.2, 0.25) is 0 Å². The monoisotopic (exact) mass is 218 g/mol. The topological polar surface area (TPSA) is 58.2 Å². The van der Waals surface area contributed by atoms with Crippen molar-refractivity contribution in [3.05, 3.63) is 12.7 Å². The second kappa shape index (κ2) is 7.70. The first kappa shape index (κ1) is 13.3. The van der Waals surface area contributed by atoms with Crippen LogP contribution in [-0.4, -0.2) is 41.3 Å². The van der Waals surface area contributed by atoms with Crippen molar-refractivity contribution in [3.63, 3.8) is 0 Å². The summed E-state index contributed by atoms with van der Waals surface area (Å²) < 4.78 is 10.8. The second-order valence-corrected chi connectivity index (χ2v) is 4.61. The maximum atomic E-state index is 11.2. The number of carbonyl (C=O) groups excluding carboxylic acids is 1. The van der Waals surface area contributed by atoms with Gasteiger partial charge in [0.05, 0.1) is 6.54 Å². The van der Waals surface area contributed by atoms with Gasteiger partial charge < -0.3 is 10.6 Å². The predicted molar refractivity (Wildman–Crippen MR) is 59.6 cm³/mol. The number of nitrogens with one attached hydrogen (secondary N) is 2. The predicted octanol–water partition coefficient (Wildman–Crippen LogP) is -0.355. The summed E-state index contributed by atoms with van der Waals surface area (Å²) in [5, 5.41) is 5.63. The molecular weight excluding hydrogens is 200 g/mol. The molecule has 4 nitrogen and oxygen atoms in total. The Bertz CT molecular complexity index is 219. The van der Waals surface area contributed by atoms with E-state index in [1.54, 1.807) is 12.3 Å². The highest BCUT2D eigenvalue weighted by Crippen LogP contribution is 1.85. The number of hydrogen-bond donors (Lipinski definition) is 2. The third kappa shape index (κ3) is 7.94. The van der Waals surface area contributed by atoms with Crippen molar-refractivity contribution in [2.75, 3.05) is 25.1 Å². The van der Waals surface area contributed by atoms with Gasteiger partial charge in [0.1, 0.15) is 0 Å². The highest BCUT2D eigenvalue weighted by molar-refractivity contribution is 7.84. The van der Waals surface area contributed by atoms with Crippen molar-refractivity contribution >= 4 is 16.7 Å². The first-order valence-electron chi connectivity index (χ1n) is 4.47. The smallest absolute Gasteiger partial charge is 0.234 e. The Labute approximate surface area is 87.6 Å². The van der Waals surface area contributed by atoms with Gasteiger partial charge in [0.15, 0.2) is 0 Å². The van der Waals surface area contributed by atoms with E-state index in [1.165, 1.54) is 0 Å². The Morgan fingerprint density at radius 1 is 1.64 bits per heavy atom. The van der Waals surface area contributed by atoms with Crippen LogP contribution in [0.1, 0.15) is 6.92 Å². The number of rotatable bonds is 7. The van der Waals surface area contributed by atoms with Gasteiger partial charge in [-0.15, -0.1) is 6.58 Å². The lowest BCUT2D eigenvalue weighted by molar-refractivity contribution is -0.120. The molecule has 0 aromatic rings. The molecule has 2 unspecified atom stereocenters. The number of hydrogen-bond acceptors (Lipinski definition) is 3. The molecule has 0 aliphatic heterocycles. The van der Waals surface area contributed by atoms with Gasteiger partial charge in [0.25, 0.3) is 0 Å². The van der Waals surface area contributed by atoms with Gasteiger partial charge in [0, 0.05) is 35.4 Å². The van der Waals surface area contributed by atoms with Gasteiger partial charge >= 0.3 is 0 Å². The molecule has 0 saturated heterocycles. The van der Waals surface area contributed by atoms with Crippen LogP contribution in [0, 0.1) is 0 Å². The lowest BCUT2D eigenvalue weighted by atomic mass is 10.4. The summed E-state index contributed by atoms with van der Waals surface area (Å²) in [5.41, 5.74) is 0. The van der Waals surface area contributed by atoms with Gasteiger partial charge in [-0.3, -0.25) is 9.00 Å². The Morgan fingerprint density at radius 3 is 2.79 bits per heavy atom. The fourth-order valence-electron chi connectivity index (χ4n) is 1.01. The van der Waals surface area contributed by atoms with Crippen LogP contribution in [-0.2, 0) is 15.6 Å². The molecule has 0 fully saturated rings. The Kier molecular flexibility index (Phi) is 7.32. The van der Waals surface area contributed by atoms with Crippen molar-refractivity contribution in [2.45, 2.75) is 13.0 Å². The first-order valence-corrected chi connectivity index (χ1v) is 6.20. The second-order valence-electron chi connectivity index (χ2n) is 3.13. The standard InChI is InChI=1S/C9H18N2O2S/c1-4-5-10-6-9(12)11-8(2)7-14(3)13/h4,8,10H,1,5-7H2,2-3H3,(H,11,12). The summed E-state index contributed by atoms with van der Waals surface area (Å²) in [5.74, 6) is 0.414. The van der Waals surface area contributed by atoms with E-state index in [0.29, 0.717) is 12.3 Å². The molecule has 2 N–H and O–H groups in total. The minimum Gasteiger partial charge on any atom is -0.352 e. The maximum absolute atomic E-state index is 11.2. The molecule has 0 aromatic heterocycles. The summed E-state index contributed by atoms with van der Waals surface area (Å²) in [4.78, 5) is 11.2. The maximum Gasteiger partial charge on any atom is 0.234 e. The lowest BCUT2D eigenvalue weighted by Crippen LogP contribution is -2.41. The molecule has 82 valence electrons. The van der Waals surface area contributed by atoms with E-state index >= 15 is 0 Å². The van der Waals surface area contributed by atoms with Crippen LogP contribution < -0.4 is 10.6 Å². The van der Waals surface area contributed by atoms with Gasteiger partial charge in [-0.2, -0.15) is 0 Å². The van der Waals surface area contributed by atoms with Gasteiger partial charge in [0.2, 0.25) is 5.91 Å². The quantitative estimate of drug-likeness (QED) is 0.453. The summed E-state index contributed by atoms with van der Waals surface area (Å²) in [6.45, 7) is 6.25. The molecule has 0 saturated carbocycles. The zero-order valence-electron chi connectivity index (χ0n) is 8.71. The molecule has 1 amide bonds. The fourth-order valence-corrected chi connectivity index (χ4v) is 1.79. The van der Waals surface area contributed by atoms with Gasteiger partial charge in [-0.05, 0) is 6.92 Å². The highest BCUT2D eigenvalue weighted by atomic mass is 32.2. The summed E-state index contributed by atoms with van der Waals surface area (Å²) in [6.07, 6.45) is 3.32. The van der Waals surface area contributed by atoms with E-state index in [2.05, 4.69) is 17.2 Å².